The zero-order valence-electron chi connectivity index (χ0n) is 12.8. The molecule has 1 saturated heterocycles. The molecule has 23 heavy (non-hydrogen) atoms. The number of nitrogens with one attached hydrogen (secondary N) is 1. The van der Waals surface area contributed by atoms with Crippen molar-refractivity contribution in [3.8, 4) is 0 Å². The van der Waals surface area contributed by atoms with Gasteiger partial charge in [0.25, 0.3) is 0 Å². The van der Waals surface area contributed by atoms with Gasteiger partial charge in [0, 0.05) is 33.2 Å². The first-order valence-electron chi connectivity index (χ1n) is 6.97. The number of hydrogen-bond acceptors (Lipinski definition) is 4. The molecule has 1 fully saturated rings. The summed E-state index contributed by atoms with van der Waals surface area (Å²) in [6.07, 6.45) is 0. The van der Waals surface area contributed by atoms with Crippen molar-refractivity contribution < 1.29 is 26.7 Å². The number of methoxy groups -OCH3 is 1. The smallest absolute Gasteiger partial charge is 0.246 e. The fourth-order valence-corrected chi connectivity index (χ4v) is 4.31. The summed E-state index contributed by atoms with van der Waals surface area (Å²) < 4.78 is 58.2. The number of carbonyl (C=O) groups is 1. The lowest BCUT2D eigenvalue weighted by atomic mass is 9.96. The van der Waals surface area contributed by atoms with E-state index in [2.05, 4.69) is 5.32 Å². The molecule has 6 nitrogen and oxygen atoms in total. The van der Waals surface area contributed by atoms with Crippen LogP contribution in [-0.2, 0) is 19.6 Å². The van der Waals surface area contributed by atoms with Crippen LogP contribution < -0.4 is 5.32 Å². The highest BCUT2D eigenvalue weighted by atomic mass is 32.2. The van der Waals surface area contributed by atoms with Crippen molar-refractivity contribution in [1.82, 2.24) is 9.62 Å². The van der Waals surface area contributed by atoms with Gasteiger partial charge in [-0.3, -0.25) is 4.79 Å². The van der Waals surface area contributed by atoms with Crippen molar-refractivity contribution in [2.45, 2.75) is 4.90 Å². The van der Waals surface area contributed by atoms with E-state index in [9.17, 15) is 22.0 Å². The Morgan fingerprint density at radius 1 is 1.39 bits per heavy atom. The molecule has 128 valence electrons. The number of hydrogen-bond donors (Lipinski definition) is 1. The molecule has 1 aromatic carbocycles. The topological polar surface area (TPSA) is 75.7 Å². The van der Waals surface area contributed by atoms with Gasteiger partial charge in [-0.15, -0.1) is 0 Å². The number of nitrogens with zero attached hydrogens (tertiary/aromatic N) is 1. The van der Waals surface area contributed by atoms with Crippen LogP contribution in [0.2, 0.25) is 0 Å². The molecule has 2 rings (SSSR count). The van der Waals surface area contributed by atoms with Crippen LogP contribution in [0, 0.1) is 23.5 Å². The van der Waals surface area contributed by atoms with Gasteiger partial charge in [0.15, 0.2) is 0 Å². The predicted molar refractivity (Wildman–Crippen MR) is 78.0 cm³/mol. The van der Waals surface area contributed by atoms with Crippen molar-refractivity contribution in [3.63, 3.8) is 0 Å². The van der Waals surface area contributed by atoms with Gasteiger partial charge in [0.2, 0.25) is 15.9 Å². The van der Waals surface area contributed by atoms with E-state index >= 15 is 0 Å². The SMILES string of the molecule is CNC(=O)[C@@H]1CN(S(=O)(=O)c2cc(F)ccc2F)C[C@H]1COC. The Balaban J connectivity index is 2.34. The van der Waals surface area contributed by atoms with E-state index in [-0.39, 0.29) is 31.5 Å². The van der Waals surface area contributed by atoms with Crippen molar-refractivity contribution >= 4 is 15.9 Å². The molecule has 0 aromatic heterocycles. The molecule has 0 saturated carbocycles. The molecule has 0 unspecified atom stereocenters. The summed E-state index contributed by atoms with van der Waals surface area (Å²) in [6, 6.07) is 2.25. The molecular weight excluding hydrogens is 330 g/mol. The first-order valence-corrected chi connectivity index (χ1v) is 8.41. The Morgan fingerprint density at radius 2 is 2.09 bits per heavy atom. The Kier molecular flexibility index (Phi) is 5.33. The predicted octanol–water partition coefficient (Wildman–Crippen LogP) is 0.594. The Morgan fingerprint density at radius 3 is 2.70 bits per heavy atom. The second-order valence-corrected chi connectivity index (χ2v) is 7.24. The molecule has 1 aliphatic heterocycles. The maximum absolute atomic E-state index is 13.8. The van der Waals surface area contributed by atoms with Crippen molar-refractivity contribution in [2.75, 3.05) is 33.9 Å². The Bertz CT molecular complexity index is 696. The normalized spacial score (nSPS) is 22.3. The molecule has 1 aromatic rings. The molecule has 1 N–H and O–H groups in total. The zero-order valence-corrected chi connectivity index (χ0v) is 13.6. The van der Waals surface area contributed by atoms with Crippen molar-refractivity contribution in [1.29, 1.82) is 0 Å². The van der Waals surface area contributed by atoms with E-state index in [0.717, 1.165) is 16.4 Å². The molecule has 1 amide bonds. The fourth-order valence-electron chi connectivity index (χ4n) is 2.71. The molecule has 9 heteroatoms. The lowest BCUT2D eigenvalue weighted by Crippen LogP contribution is -2.34. The quantitative estimate of drug-likeness (QED) is 0.845. The summed E-state index contributed by atoms with van der Waals surface area (Å²) >= 11 is 0. The van der Waals surface area contributed by atoms with Gasteiger partial charge < -0.3 is 10.1 Å². The van der Waals surface area contributed by atoms with Gasteiger partial charge in [-0.05, 0) is 18.2 Å². The van der Waals surface area contributed by atoms with Crippen LogP contribution in [0.3, 0.4) is 0 Å². The Labute approximate surface area is 133 Å². The average molecular weight is 348 g/mol. The van der Waals surface area contributed by atoms with Crippen LogP contribution >= 0.6 is 0 Å². The second-order valence-electron chi connectivity index (χ2n) is 5.33. The highest BCUT2D eigenvalue weighted by Crippen LogP contribution is 2.30. The number of rotatable bonds is 5. The standard InChI is InChI=1S/C14H18F2N2O4S/c1-17-14(19)11-7-18(6-9(11)8-22-2)23(20,21)13-5-10(15)3-4-12(13)16/h3-5,9,11H,6-8H2,1-2H3,(H,17,19)/t9-,11+/m0/s1. The van der Waals surface area contributed by atoms with E-state index in [1.54, 1.807) is 0 Å². The molecule has 1 heterocycles. The van der Waals surface area contributed by atoms with E-state index in [1.807, 2.05) is 0 Å². The van der Waals surface area contributed by atoms with Gasteiger partial charge in [-0.25, -0.2) is 17.2 Å². The largest absolute Gasteiger partial charge is 0.384 e. The highest BCUT2D eigenvalue weighted by molar-refractivity contribution is 7.89. The van der Waals surface area contributed by atoms with Crippen LogP contribution in [0.1, 0.15) is 0 Å². The summed E-state index contributed by atoms with van der Waals surface area (Å²) in [7, 11) is -1.33. The maximum Gasteiger partial charge on any atom is 0.246 e. The maximum atomic E-state index is 13.8. The molecular formula is C14H18F2N2O4S. The summed E-state index contributed by atoms with van der Waals surface area (Å²) in [5.41, 5.74) is 0. The minimum absolute atomic E-state index is 0.00418. The molecule has 0 aliphatic carbocycles. The molecule has 0 radical (unpaired) electrons. The van der Waals surface area contributed by atoms with Gasteiger partial charge in [-0.1, -0.05) is 0 Å². The van der Waals surface area contributed by atoms with E-state index < -0.39 is 32.5 Å². The third-order valence-corrected chi connectivity index (χ3v) is 5.73. The lowest BCUT2D eigenvalue weighted by molar-refractivity contribution is -0.125. The third-order valence-electron chi connectivity index (χ3n) is 3.88. The van der Waals surface area contributed by atoms with Gasteiger partial charge in [0.1, 0.15) is 16.5 Å². The van der Waals surface area contributed by atoms with Gasteiger partial charge in [0.05, 0.1) is 12.5 Å². The number of benzene rings is 1. The number of sulfonamides is 1. The van der Waals surface area contributed by atoms with E-state index in [1.165, 1.54) is 14.2 Å². The fraction of sp³-hybridized carbons (Fsp3) is 0.500. The van der Waals surface area contributed by atoms with Gasteiger partial charge >= 0.3 is 0 Å². The van der Waals surface area contributed by atoms with Crippen molar-refractivity contribution in [2.24, 2.45) is 11.8 Å². The van der Waals surface area contributed by atoms with Crippen LogP contribution in [0.15, 0.2) is 23.1 Å². The highest BCUT2D eigenvalue weighted by Gasteiger charge is 2.43. The monoisotopic (exact) mass is 348 g/mol. The average Bonchev–Trinajstić information content (AvgIpc) is 2.94. The molecule has 0 bridgehead atoms. The van der Waals surface area contributed by atoms with E-state index in [4.69, 9.17) is 4.74 Å². The number of ether oxygens (including phenoxy) is 1. The number of carbonyl (C=O) groups excluding carboxylic acids is 1. The third kappa shape index (κ3) is 3.51. The minimum atomic E-state index is -4.23. The lowest BCUT2D eigenvalue weighted by Gasteiger charge is -2.16. The molecule has 0 spiro atoms. The molecule has 1 aliphatic rings. The van der Waals surface area contributed by atoms with Crippen molar-refractivity contribution in [3.05, 3.63) is 29.8 Å². The summed E-state index contributed by atoms with van der Waals surface area (Å²) in [6.45, 7) is 0.0892. The zero-order chi connectivity index (χ0) is 17.2. The van der Waals surface area contributed by atoms with Crippen LogP contribution in [0.4, 0.5) is 8.78 Å². The minimum Gasteiger partial charge on any atom is -0.384 e. The van der Waals surface area contributed by atoms with E-state index in [0.29, 0.717) is 6.07 Å². The number of amides is 1. The van der Waals surface area contributed by atoms with Crippen LogP contribution in [-0.4, -0.2) is 52.5 Å². The molecule has 2 atom stereocenters. The first kappa shape index (κ1) is 17.8. The summed E-state index contributed by atoms with van der Waals surface area (Å²) in [5.74, 6) is -3.15. The summed E-state index contributed by atoms with van der Waals surface area (Å²) in [5, 5.41) is 2.48. The first-order chi connectivity index (χ1) is 10.8. The van der Waals surface area contributed by atoms with Crippen LogP contribution in [0.5, 0.6) is 0 Å². The number of halogens is 2. The van der Waals surface area contributed by atoms with Gasteiger partial charge in [-0.2, -0.15) is 4.31 Å². The summed E-state index contributed by atoms with van der Waals surface area (Å²) in [4.78, 5) is 11.2. The Hall–Kier alpha value is -1.58. The van der Waals surface area contributed by atoms with Crippen LogP contribution in [0.25, 0.3) is 0 Å². The second kappa shape index (κ2) is 6.90.